The Labute approximate surface area is 126 Å². The Kier molecular flexibility index (Phi) is 5.77. The van der Waals surface area contributed by atoms with Gasteiger partial charge in [0, 0.05) is 12.1 Å². The van der Waals surface area contributed by atoms with E-state index in [1.165, 1.54) is 25.9 Å². The molecule has 1 N–H and O–H groups in total. The number of nitriles is 1. The number of nitrogens with zero attached hydrogens (tertiary/aromatic N) is 2. The second-order valence-electron chi connectivity index (χ2n) is 5.87. The smallest absolute Gasteiger partial charge is 0.224 e. The molecule has 1 fully saturated rings. The van der Waals surface area contributed by atoms with Crippen LogP contribution in [0.15, 0.2) is 24.3 Å². The van der Waals surface area contributed by atoms with Crippen molar-refractivity contribution >= 4 is 11.6 Å². The van der Waals surface area contributed by atoms with Crippen molar-refractivity contribution in [1.82, 2.24) is 4.90 Å². The van der Waals surface area contributed by atoms with Crippen LogP contribution in [0.25, 0.3) is 0 Å². The molecule has 112 valence electrons. The van der Waals surface area contributed by atoms with Crippen molar-refractivity contribution in [1.29, 1.82) is 5.26 Å². The maximum absolute atomic E-state index is 11.9. The van der Waals surface area contributed by atoms with E-state index in [4.69, 9.17) is 5.26 Å². The minimum Gasteiger partial charge on any atom is -0.326 e. The number of likely N-dealkylation sites (tertiary alicyclic amines) is 1. The van der Waals surface area contributed by atoms with Crippen molar-refractivity contribution < 1.29 is 4.79 Å². The van der Waals surface area contributed by atoms with E-state index in [1.54, 1.807) is 24.3 Å². The molecular formula is C17H23N3O. The van der Waals surface area contributed by atoms with Crippen molar-refractivity contribution in [2.45, 2.75) is 32.6 Å². The molecule has 2 rings (SSSR count). The molecule has 0 saturated carbocycles. The Hall–Kier alpha value is -1.86. The lowest BCUT2D eigenvalue weighted by Crippen LogP contribution is -2.33. The highest BCUT2D eigenvalue weighted by Gasteiger charge is 2.15. The van der Waals surface area contributed by atoms with Crippen LogP contribution in [0.1, 0.15) is 38.2 Å². The van der Waals surface area contributed by atoms with Crippen LogP contribution in [0, 0.1) is 17.2 Å². The lowest BCUT2D eigenvalue weighted by molar-refractivity contribution is -0.116. The monoisotopic (exact) mass is 285 g/mol. The summed E-state index contributed by atoms with van der Waals surface area (Å²) in [5.41, 5.74) is 1.36. The molecule has 0 unspecified atom stereocenters. The average molecular weight is 285 g/mol. The Bertz CT molecular complexity index is 496. The molecule has 1 amide bonds. The minimum absolute atomic E-state index is 0.0464. The number of hydrogen-bond acceptors (Lipinski definition) is 3. The lowest BCUT2D eigenvalue weighted by atomic mass is 9.99. The normalized spacial score (nSPS) is 16.4. The summed E-state index contributed by atoms with van der Waals surface area (Å²) in [7, 11) is 0. The van der Waals surface area contributed by atoms with E-state index in [0.29, 0.717) is 12.0 Å². The number of carbonyl (C=O) groups excluding carboxylic acids is 1. The molecule has 0 atom stereocenters. The van der Waals surface area contributed by atoms with Gasteiger partial charge in [0.1, 0.15) is 0 Å². The predicted molar refractivity (Wildman–Crippen MR) is 83.9 cm³/mol. The standard InChI is InChI=1S/C17H23N3O/c1-14-8-11-20(12-9-14)10-2-3-17(21)19-16-6-4-15(13-18)5-7-16/h4-7,14H,2-3,8-12H2,1H3,(H,19,21). The highest BCUT2D eigenvalue weighted by atomic mass is 16.1. The number of carbonyl (C=O) groups is 1. The molecule has 0 aromatic heterocycles. The molecule has 1 saturated heterocycles. The molecule has 0 bridgehead atoms. The van der Waals surface area contributed by atoms with Gasteiger partial charge in [-0.05, 0) is 69.1 Å². The van der Waals surface area contributed by atoms with E-state index >= 15 is 0 Å². The van der Waals surface area contributed by atoms with Gasteiger partial charge in [0.15, 0.2) is 0 Å². The molecular weight excluding hydrogens is 262 g/mol. The SMILES string of the molecule is CC1CCN(CCCC(=O)Nc2ccc(C#N)cc2)CC1. The van der Waals surface area contributed by atoms with Crippen LogP contribution < -0.4 is 5.32 Å². The van der Waals surface area contributed by atoms with E-state index in [1.807, 2.05) is 0 Å². The fourth-order valence-electron chi connectivity index (χ4n) is 2.60. The van der Waals surface area contributed by atoms with Crippen molar-refractivity contribution in [3.05, 3.63) is 29.8 Å². The van der Waals surface area contributed by atoms with Crippen LogP contribution in [0.3, 0.4) is 0 Å². The topological polar surface area (TPSA) is 56.1 Å². The number of hydrogen-bond donors (Lipinski definition) is 1. The van der Waals surface area contributed by atoms with Crippen molar-refractivity contribution in [2.75, 3.05) is 25.0 Å². The van der Waals surface area contributed by atoms with Gasteiger partial charge in [-0.1, -0.05) is 6.92 Å². The number of nitrogens with one attached hydrogen (secondary N) is 1. The summed E-state index contributed by atoms with van der Waals surface area (Å²) in [6.07, 6.45) is 4.00. The third-order valence-electron chi connectivity index (χ3n) is 4.05. The molecule has 1 aromatic rings. The maximum atomic E-state index is 11.9. The first-order valence-electron chi connectivity index (χ1n) is 7.70. The Morgan fingerprint density at radius 1 is 1.33 bits per heavy atom. The van der Waals surface area contributed by atoms with E-state index in [2.05, 4.69) is 23.2 Å². The molecule has 21 heavy (non-hydrogen) atoms. The minimum atomic E-state index is 0.0464. The molecule has 0 aliphatic carbocycles. The summed E-state index contributed by atoms with van der Waals surface area (Å²) < 4.78 is 0. The van der Waals surface area contributed by atoms with Gasteiger partial charge < -0.3 is 10.2 Å². The molecule has 1 aromatic carbocycles. The van der Waals surface area contributed by atoms with E-state index in [0.717, 1.165) is 24.6 Å². The number of anilines is 1. The maximum Gasteiger partial charge on any atom is 0.224 e. The third-order valence-corrected chi connectivity index (χ3v) is 4.05. The Balaban J connectivity index is 1.66. The summed E-state index contributed by atoms with van der Waals surface area (Å²) in [4.78, 5) is 14.3. The van der Waals surface area contributed by atoms with Crippen molar-refractivity contribution in [2.24, 2.45) is 5.92 Å². The van der Waals surface area contributed by atoms with E-state index in [9.17, 15) is 4.79 Å². The van der Waals surface area contributed by atoms with Crippen LogP contribution in [0.2, 0.25) is 0 Å². The molecule has 0 radical (unpaired) electrons. The molecule has 1 aliphatic rings. The zero-order chi connectivity index (χ0) is 15.1. The molecule has 1 aliphatic heterocycles. The van der Waals surface area contributed by atoms with Gasteiger partial charge in [-0.3, -0.25) is 4.79 Å². The summed E-state index contributed by atoms with van der Waals surface area (Å²) in [6, 6.07) is 9.02. The second-order valence-corrected chi connectivity index (χ2v) is 5.87. The number of benzene rings is 1. The first-order valence-corrected chi connectivity index (χ1v) is 7.70. The Morgan fingerprint density at radius 2 is 2.00 bits per heavy atom. The lowest BCUT2D eigenvalue weighted by Gasteiger charge is -2.29. The number of rotatable bonds is 5. The van der Waals surface area contributed by atoms with Gasteiger partial charge in [-0.25, -0.2) is 0 Å². The zero-order valence-electron chi connectivity index (χ0n) is 12.6. The quantitative estimate of drug-likeness (QED) is 0.904. The largest absolute Gasteiger partial charge is 0.326 e. The number of amides is 1. The Morgan fingerprint density at radius 3 is 2.62 bits per heavy atom. The fraction of sp³-hybridized carbons (Fsp3) is 0.529. The van der Waals surface area contributed by atoms with Gasteiger partial charge >= 0.3 is 0 Å². The van der Waals surface area contributed by atoms with Crippen LogP contribution in [-0.4, -0.2) is 30.4 Å². The molecule has 0 spiro atoms. The van der Waals surface area contributed by atoms with Crippen molar-refractivity contribution in [3.63, 3.8) is 0 Å². The summed E-state index contributed by atoms with van der Waals surface area (Å²) in [5.74, 6) is 0.894. The van der Waals surface area contributed by atoms with E-state index in [-0.39, 0.29) is 5.91 Å². The van der Waals surface area contributed by atoms with Gasteiger partial charge in [-0.15, -0.1) is 0 Å². The predicted octanol–water partition coefficient (Wildman–Crippen LogP) is 3.01. The van der Waals surface area contributed by atoms with Gasteiger partial charge in [-0.2, -0.15) is 5.26 Å². The second kappa shape index (κ2) is 7.80. The van der Waals surface area contributed by atoms with Crippen LogP contribution in [-0.2, 0) is 4.79 Å². The van der Waals surface area contributed by atoms with Gasteiger partial charge in [0.25, 0.3) is 0 Å². The van der Waals surface area contributed by atoms with Crippen molar-refractivity contribution in [3.8, 4) is 6.07 Å². The highest BCUT2D eigenvalue weighted by Crippen LogP contribution is 2.16. The van der Waals surface area contributed by atoms with Crippen LogP contribution in [0.4, 0.5) is 5.69 Å². The third kappa shape index (κ3) is 5.20. The molecule has 4 nitrogen and oxygen atoms in total. The molecule has 1 heterocycles. The van der Waals surface area contributed by atoms with Crippen LogP contribution >= 0.6 is 0 Å². The first kappa shape index (κ1) is 15.5. The first-order chi connectivity index (χ1) is 10.2. The zero-order valence-corrected chi connectivity index (χ0v) is 12.6. The summed E-state index contributed by atoms with van der Waals surface area (Å²) >= 11 is 0. The average Bonchev–Trinajstić information content (AvgIpc) is 2.50. The molecule has 4 heteroatoms. The highest BCUT2D eigenvalue weighted by molar-refractivity contribution is 5.90. The van der Waals surface area contributed by atoms with E-state index < -0.39 is 0 Å². The fourth-order valence-corrected chi connectivity index (χ4v) is 2.60. The van der Waals surface area contributed by atoms with Crippen LogP contribution in [0.5, 0.6) is 0 Å². The van der Waals surface area contributed by atoms with Gasteiger partial charge in [0.2, 0.25) is 5.91 Å². The number of piperidine rings is 1. The van der Waals surface area contributed by atoms with Gasteiger partial charge in [0.05, 0.1) is 11.6 Å². The summed E-state index contributed by atoms with van der Waals surface area (Å²) in [5, 5.41) is 11.6. The summed E-state index contributed by atoms with van der Waals surface area (Å²) in [6.45, 7) is 5.65.